The van der Waals surface area contributed by atoms with Gasteiger partial charge in [0.05, 0.1) is 25.0 Å². The lowest BCUT2D eigenvalue weighted by atomic mass is 10.0. The Balaban J connectivity index is 1.63. The molecule has 0 aromatic carbocycles. The lowest BCUT2D eigenvalue weighted by Crippen LogP contribution is -2.53. The molecule has 1 fully saturated rings. The maximum Gasteiger partial charge on any atom is 0.268 e. The predicted octanol–water partition coefficient (Wildman–Crippen LogP) is 1.60. The first-order chi connectivity index (χ1) is 10.0. The number of carbonyl (C=O) groups excluding carboxylic acids is 1. The highest BCUT2D eigenvalue weighted by atomic mass is 16.5. The minimum Gasteiger partial charge on any atom is -0.463 e. The molecular weight excluding hydrogens is 270 g/mol. The van der Waals surface area contributed by atoms with Crippen molar-refractivity contribution in [2.45, 2.75) is 19.4 Å². The maximum absolute atomic E-state index is 12.3. The van der Waals surface area contributed by atoms with Crippen LogP contribution in [0.2, 0.25) is 0 Å². The van der Waals surface area contributed by atoms with Crippen LogP contribution >= 0.6 is 0 Å². The van der Waals surface area contributed by atoms with Crippen LogP contribution in [0.3, 0.4) is 0 Å². The van der Waals surface area contributed by atoms with Gasteiger partial charge in [0.25, 0.3) is 5.91 Å². The molecule has 0 aliphatic carbocycles. The SMILES string of the molecule is CC(C)(CN1CCOCC1)NC(=O)c1cc2occc2[nH]1. The van der Waals surface area contributed by atoms with Crippen molar-refractivity contribution < 1.29 is 13.9 Å². The van der Waals surface area contributed by atoms with Gasteiger partial charge in [-0.2, -0.15) is 0 Å². The number of fused-ring (bicyclic) bond motifs is 1. The van der Waals surface area contributed by atoms with Gasteiger partial charge in [0.2, 0.25) is 0 Å². The molecule has 3 rings (SSSR count). The summed E-state index contributed by atoms with van der Waals surface area (Å²) in [7, 11) is 0. The molecule has 114 valence electrons. The van der Waals surface area contributed by atoms with Crippen LogP contribution in [0.15, 0.2) is 22.8 Å². The molecule has 0 spiro atoms. The second-order valence-corrected chi connectivity index (χ2v) is 6.11. The summed E-state index contributed by atoms with van der Waals surface area (Å²) in [5.74, 6) is -0.111. The summed E-state index contributed by atoms with van der Waals surface area (Å²) < 4.78 is 10.6. The number of furan rings is 1. The van der Waals surface area contributed by atoms with E-state index >= 15 is 0 Å². The minimum absolute atomic E-state index is 0.111. The van der Waals surface area contributed by atoms with Crippen molar-refractivity contribution in [3.63, 3.8) is 0 Å². The maximum atomic E-state index is 12.3. The van der Waals surface area contributed by atoms with Crippen LogP contribution in [0.5, 0.6) is 0 Å². The topological polar surface area (TPSA) is 70.5 Å². The van der Waals surface area contributed by atoms with Crippen molar-refractivity contribution in [3.05, 3.63) is 24.1 Å². The van der Waals surface area contributed by atoms with Crippen LogP contribution < -0.4 is 5.32 Å². The molecule has 2 aromatic rings. The third-order valence-electron chi connectivity index (χ3n) is 3.66. The Morgan fingerprint density at radius 1 is 1.43 bits per heavy atom. The Kier molecular flexibility index (Phi) is 3.73. The van der Waals surface area contributed by atoms with E-state index in [4.69, 9.17) is 9.15 Å². The number of hydrogen-bond acceptors (Lipinski definition) is 4. The number of rotatable bonds is 4. The molecule has 0 bridgehead atoms. The molecule has 0 unspecified atom stereocenters. The number of nitrogens with zero attached hydrogens (tertiary/aromatic N) is 1. The van der Waals surface area contributed by atoms with Crippen molar-refractivity contribution in [1.82, 2.24) is 15.2 Å². The van der Waals surface area contributed by atoms with E-state index in [-0.39, 0.29) is 11.4 Å². The highest BCUT2D eigenvalue weighted by molar-refractivity contribution is 5.97. The van der Waals surface area contributed by atoms with Gasteiger partial charge in [0.1, 0.15) is 5.69 Å². The van der Waals surface area contributed by atoms with Gasteiger partial charge in [-0.3, -0.25) is 9.69 Å². The summed E-state index contributed by atoms with van der Waals surface area (Å²) >= 11 is 0. The standard InChI is InChI=1S/C15H21N3O3/c1-15(2,10-18-4-7-20-8-5-18)17-14(19)12-9-13-11(16-12)3-6-21-13/h3,6,9,16H,4-5,7-8,10H2,1-2H3,(H,17,19). The van der Waals surface area contributed by atoms with E-state index in [0.29, 0.717) is 11.3 Å². The number of carbonyl (C=O) groups is 1. The second-order valence-electron chi connectivity index (χ2n) is 6.11. The smallest absolute Gasteiger partial charge is 0.268 e. The molecule has 6 nitrogen and oxygen atoms in total. The van der Waals surface area contributed by atoms with Gasteiger partial charge in [-0.15, -0.1) is 0 Å². The normalized spacial score (nSPS) is 17.2. The highest BCUT2D eigenvalue weighted by Crippen LogP contribution is 2.17. The van der Waals surface area contributed by atoms with E-state index < -0.39 is 0 Å². The van der Waals surface area contributed by atoms with Crippen LogP contribution in [0, 0.1) is 0 Å². The van der Waals surface area contributed by atoms with Crippen molar-refractivity contribution in [2.75, 3.05) is 32.8 Å². The third-order valence-corrected chi connectivity index (χ3v) is 3.66. The number of hydrogen-bond donors (Lipinski definition) is 2. The molecule has 3 heterocycles. The van der Waals surface area contributed by atoms with E-state index in [2.05, 4.69) is 15.2 Å². The Labute approximate surface area is 123 Å². The molecular formula is C15H21N3O3. The minimum atomic E-state index is -0.305. The van der Waals surface area contributed by atoms with Crippen LogP contribution in [0.25, 0.3) is 11.1 Å². The number of H-pyrrole nitrogens is 1. The lowest BCUT2D eigenvalue weighted by molar-refractivity contribution is 0.0269. The van der Waals surface area contributed by atoms with Crippen molar-refractivity contribution >= 4 is 17.0 Å². The van der Waals surface area contributed by atoms with Crippen LogP contribution in [0.1, 0.15) is 24.3 Å². The number of amides is 1. The number of morpholine rings is 1. The number of aromatic nitrogens is 1. The van der Waals surface area contributed by atoms with Gasteiger partial charge in [0.15, 0.2) is 5.58 Å². The Morgan fingerprint density at radius 2 is 2.19 bits per heavy atom. The number of ether oxygens (including phenoxy) is 1. The van der Waals surface area contributed by atoms with E-state index in [1.807, 2.05) is 19.9 Å². The summed E-state index contributed by atoms with van der Waals surface area (Å²) in [6, 6.07) is 3.54. The molecule has 6 heteroatoms. The summed E-state index contributed by atoms with van der Waals surface area (Å²) in [5.41, 5.74) is 1.76. The largest absolute Gasteiger partial charge is 0.463 e. The first-order valence-electron chi connectivity index (χ1n) is 7.22. The van der Waals surface area contributed by atoms with Crippen molar-refractivity contribution in [3.8, 4) is 0 Å². The summed E-state index contributed by atoms with van der Waals surface area (Å²) in [4.78, 5) is 17.7. The molecule has 0 saturated carbocycles. The van der Waals surface area contributed by atoms with Gasteiger partial charge >= 0.3 is 0 Å². The molecule has 2 N–H and O–H groups in total. The predicted molar refractivity (Wildman–Crippen MR) is 79.4 cm³/mol. The number of aromatic amines is 1. The van der Waals surface area contributed by atoms with Gasteiger partial charge in [-0.05, 0) is 13.8 Å². The molecule has 1 amide bonds. The molecule has 1 aliphatic heterocycles. The van der Waals surface area contributed by atoms with Gasteiger partial charge < -0.3 is 19.5 Å². The fraction of sp³-hybridized carbons (Fsp3) is 0.533. The second kappa shape index (κ2) is 5.54. The van der Waals surface area contributed by atoms with E-state index in [1.54, 1.807) is 12.3 Å². The zero-order valence-electron chi connectivity index (χ0n) is 12.4. The highest BCUT2D eigenvalue weighted by Gasteiger charge is 2.26. The zero-order valence-corrected chi connectivity index (χ0v) is 12.4. The van der Waals surface area contributed by atoms with Crippen LogP contribution in [-0.2, 0) is 4.74 Å². The molecule has 2 aromatic heterocycles. The average Bonchev–Trinajstić information content (AvgIpc) is 2.99. The first-order valence-corrected chi connectivity index (χ1v) is 7.22. The van der Waals surface area contributed by atoms with Crippen LogP contribution in [0.4, 0.5) is 0 Å². The third kappa shape index (κ3) is 3.28. The lowest BCUT2D eigenvalue weighted by Gasteiger charge is -2.35. The van der Waals surface area contributed by atoms with Gasteiger partial charge in [-0.1, -0.05) is 0 Å². The van der Waals surface area contributed by atoms with E-state index in [9.17, 15) is 4.79 Å². The number of nitrogens with one attached hydrogen (secondary N) is 2. The van der Waals surface area contributed by atoms with Crippen molar-refractivity contribution in [1.29, 1.82) is 0 Å². The summed E-state index contributed by atoms with van der Waals surface area (Å²) in [6.45, 7) is 8.22. The van der Waals surface area contributed by atoms with E-state index in [0.717, 1.165) is 38.4 Å². The van der Waals surface area contributed by atoms with Gasteiger partial charge in [-0.25, -0.2) is 0 Å². The van der Waals surface area contributed by atoms with E-state index in [1.165, 1.54) is 0 Å². The average molecular weight is 291 g/mol. The quantitative estimate of drug-likeness (QED) is 0.897. The molecule has 21 heavy (non-hydrogen) atoms. The fourth-order valence-electron chi connectivity index (χ4n) is 2.70. The van der Waals surface area contributed by atoms with Crippen LogP contribution in [-0.4, -0.2) is 54.2 Å². The monoisotopic (exact) mass is 291 g/mol. The molecule has 1 aliphatic rings. The summed E-state index contributed by atoms with van der Waals surface area (Å²) in [5, 5.41) is 3.08. The van der Waals surface area contributed by atoms with Gasteiger partial charge in [0, 0.05) is 37.3 Å². The molecule has 1 saturated heterocycles. The zero-order chi connectivity index (χ0) is 14.9. The summed E-state index contributed by atoms with van der Waals surface area (Å²) in [6.07, 6.45) is 1.60. The Hall–Kier alpha value is -1.79. The molecule has 0 radical (unpaired) electrons. The Morgan fingerprint density at radius 3 is 2.90 bits per heavy atom. The fourth-order valence-corrected chi connectivity index (χ4v) is 2.70. The molecule has 0 atom stereocenters. The first kappa shape index (κ1) is 14.2. The Bertz CT molecular complexity index is 594. The van der Waals surface area contributed by atoms with Crippen molar-refractivity contribution in [2.24, 2.45) is 0 Å².